The van der Waals surface area contributed by atoms with Gasteiger partial charge in [0.15, 0.2) is 0 Å². The molecule has 3 heterocycles. The van der Waals surface area contributed by atoms with Crippen LogP contribution in [-0.4, -0.2) is 25.7 Å². The summed E-state index contributed by atoms with van der Waals surface area (Å²) < 4.78 is 1.95. The van der Waals surface area contributed by atoms with Crippen molar-refractivity contribution in [1.29, 1.82) is 0 Å². The van der Waals surface area contributed by atoms with Gasteiger partial charge in [0.25, 0.3) is 5.91 Å². The Labute approximate surface area is 149 Å². The summed E-state index contributed by atoms with van der Waals surface area (Å²) in [4.78, 5) is 22.2. The summed E-state index contributed by atoms with van der Waals surface area (Å²) >= 11 is 1.37. The number of aryl methyl sites for hydroxylation is 1. The van der Waals surface area contributed by atoms with Gasteiger partial charge in [0.2, 0.25) is 0 Å². The van der Waals surface area contributed by atoms with E-state index in [1.807, 2.05) is 35.9 Å². The first kappa shape index (κ1) is 16.0. The summed E-state index contributed by atoms with van der Waals surface area (Å²) in [5.74, 6) is 0.612. The highest BCUT2D eigenvalue weighted by molar-refractivity contribution is 7.17. The lowest BCUT2D eigenvalue weighted by Gasteiger charge is -2.14. The van der Waals surface area contributed by atoms with Gasteiger partial charge in [-0.3, -0.25) is 9.78 Å². The molecule has 0 radical (unpaired) electrons. The summed E-state index contributed by atoms with van der Waals surface area (Å²) in [6.07, 6.45) is 8.15. The van der Waals surface area contributed by atoms with Crippen molar-refractivity contribution in [2.24, 2.45) is 0 Å². The molecule has 0 unspecified atom stereocenters. The minimum atomic E-state index is -0.142. The third kappa shape index (κ3) is 3.19. The Kier molecular flexibility index (Phi) is 4.31. The van der Waals surface area contributed by atoms with Crippen LogP contribution in [0.2, 0.25) is 0 Å². The first-order valence-corrected chi connectivity index (χ1v) is 9.28. The number of nitrogens with one attached hydrogen (secondary N) is 1. The second-order valence-corrected chi connectivity index (χ2v) is 7.20. The van der Waals surface area contributed by atoms with Crippen LogP contribution in [0.1, 0.15) is 47.1 Å². The smallest absolute Gasteiger partial charge is 0.268 e. The summed E-state index contributed by atoms with van der Waals surface area (Å²) in [5, 5.41) is 8.16. The number of thiazole rings is 1. The molecule has 3 aromatic heterocycles. The normalized spacial score (nSPS) is 14.8. The second kappa shape index (κ2) is 6.76. The highest BCUT2D eigenvalue weighted by atomic mass is 32.1. The molecule has 0 atom stereocenters. The molecule has 4 rings (SSSR count). The lowest BCUT2D eigenvalue weighted by atomic mass is 10.2. The largest absolute Gasteiger partial charge is 0.306 e. The molecule has 0 aliphatic heterocycles. The third-order valence-electron chi connectivity index (χ3n) is 4.47. The number of hydrogen-bond acceptors (Lipinski definition) is 5. The number of carbonyl (C=O) groups is 1. The van der Waals surface area contributed by atoms with Gasteiger partial charge in [-0.15, -0.1) is 11.3 Å². The molecule has 1 fully saturated rings. The molecule has 0 spiro atoms. The Morgan fingerprint density at radius 1 is 1.24 bits per heavy atom. The molecule has 0 saturated heterocycles. The molecule has 1 amide bonds. The lowest BCUT2D eigenvalue weighted by molar-refractivity contribution is 0.102. The molecule has 1 aliphatic rings. The minimum absolute atomic E-state index is 0.142. The molecule has 0 bridgehead atoms. The minimum Gasteiger partial charge on any atom is -0.306 e. The number of nitrogens with zero attached hydrogens (tertiary/aromatic N) is 4. The van der Waals surface area contributed by atoms with Gasteiger partial charge < -0.3 is 5.32 Å². The SMILES string of the molecule is Cc1nc(-c2ccccn2)sc1C(=O)Nc1ccnn1C1CCCC1. The molecule has 1 saturated carbocycles. The van der Waals surface area contributed by atoms with Crippen molar-refractivity contribution in [2.75, 3.05) is 5.32 Å². The molecule has 7 heteroatoms. The Morgan fingerprint density at radius 2 is 2.08 bits per heavy atom. The number of anilines is 1. The summed E-state index contributed by atoms with van der Waals surface area (Å²) in [7, 11) is 0. The van der Waals surface area contributed by atoms with E-state index >= 15 is 0 Å². The second-order valence-electron chi connectivity index (χ2n) is 6.20. The number of aromatic nitrogens is 4. The van der Waals surface area contributed by atoms with E-state index in [-0.39, 0.29) is 5.91 Å². The van der Waals surface area contributed by atoms with Crippen molar-refractivity contribution < 1.29 is 4.79 Å². The number of rotatable bonds is 4. The van der Waals surface area contributed by atoms with Crippen LogP contribution in [0.5, 0.6) is 0 Å². The van der Waals surface area contributed by atoms with Gasteiger partial charge in [-0.05, 0) is 31.9 Å². The van der Waals surface area contributed by atoms with E-state index in [0.717, 1.165) is 35.1 Å². The van der Waals surface area contributed by atoms with E-state index in [2.05, 4.69) is 20.4 Å². The molecule has 1 N–H and O–H groups in total. The van der Waals surface area contributed by atoms with Crippen LogP contribution >= 0.6 is 11.3 Å². The van der Waals surface area contributed by atoms with Crippen LogP contribution in [0.4, 0.5) is 5.82 Å². The van der Waals surface area contributed by atoms with E-state index in [4.69, 9.17) is 0 Å². The van der Waals surface area contributed by atoms with Crippen molar-refractivity contribution in [2.45, 2.75) is 38.6 Å². The summed E-state index contributed by atoms with van der Waals surface area (Å²) in [5.41, 5.74) is 1.50. The van der Waals surface area contributed by atoms with Gasteiger partial charge in [0.1, 0.15) is 15.7 Å². The van der Waals surface area contributed by atoms with E-state index in [1.54, 1.807) is 12.4 Å². The Balaban J connectivity index is 1.56. The predicted octanol–water partition coefficient (Wildman–Crippen LogP) is 4.08. The number of carbonyl (C=O) groups excluding carboxylic acids is 1. The Hall–Kier alpha value is -2.54. The molecule has 6 nitrogen and oxygen atoms in total. The van der Waals surface area contributed by atoms with Crippen molar-refractivity contribution >= 4 is 23.1 Å². The van der Waals surface area contributed by atoms with Gasteiger partial charge in [0.05, 0.1) is 23.6 Å². The number of amides is 1. The first-order valence-electron chi connectivity index (χ1n) is 8.46. The highest BCUT2D eigenvalue weighted by Gasteiger charge is 2.22. The molecule has 25 heavy (non-hydrogen) atoms. The van der Waals surface area contributed by atoms with Crippen LogP contribution in [0.15, 0.2) is 36.7 Å². The van der Waals surface area contributed by atoms with E-state index < -0.39 is 0 Å². The van der Waals surface area contributed by atoms with E-state index in [1.165, 1.54) is 24.2 Å². The van der Waals surface area contributed by atoms with E-state index in [9.17, 15) is 4.79 Å². The molecule has 1 aliphatic carbocycles. The fourth-order valence-corrected chi connectivity index (χ4v) is 4.17. The zero-order chi connectivity index (χ0) is 17.2. The molecule has 3 aromatic rings. The van der Waals surface area contributed by atoms with Gasteiger partial charge in [-0.2, -0.15) is 5.10 Å². The molecule has 128 valence electrons. The quantitative estimate of drug-likeness (QED) is 0.767. The zero-order valence-electron chi connectivity index (χ0n) is 14.0. The van der Waals surface area contributed by atoms with Crippen LogP contribution in [0.3, 0.4) is 0 Å². The number of pyridine rings is 1. The van der Waals surface area contributed by atoms with Crippen LogP contribution < -0.4 is 5.32 Å². The average molecular weight is 353 g/mol. The fourth-order valence-electron chi connectivity index (χ4n) is 3.23. The van der Waals surface area contributed by atoms with Gasteiger partial charge >= 0.3 is 0 Å². The van der Waals surface area contributed by atoms with Gasteiger partial charge in [-0.25, -0.2) is 9.67 Å². The number of hydrogen-bond donors (Lipinski definition) is 1. The fraction of sp³-hybridized carbons (Fsp3) is 0.333. The maximum Gasteiger partial charge on any atom is 0.268 e. The topological polar surface area (TPSA) is 72.7 Å². The predicted molar refractivity (Wildman–Crippen MR) is 97.8 cm³/mol. The van der Waals surface area contributed by atoms with Crippen molar-refractivity contribution in [1.82, 2.24) is 19.7 Å². The van der Waals surface area contributed by atoms with Crippen molar-refractivity contribution in [3.05, 3.63) is 47.2 Å². The summed E-state index contributed by atoms with van der Waals surface area (Å²) in [6, 6.07) is 7.92. The Bertz CT molecular complexity index is 880. The zero-order valence-corrected chi connectivity index (χ0v) is 14.8. The Morgan fingerprint density at radius 3 is 2.84 bits per heavy atom. The maximum atomic E-state index is 12.7. The lowest BCUT2D eigenvalue weighted by Crippen LogP contribution is -2.17. The highest BCUT2D eigenvalue weighted by Crippen LogP contribution is 2.32. The van der Waals surface area contributed by atoms with Crippen LogP contribution in [0, 0.1) is 6.92 Å². The van der Waals surface area contributed by atoms with Gasteiger partial charge in [0, 0.05) is 12.3 Å². The molecular weight excluding hydrogens is 334 g/mol. The van der Waals surface area contributed by atoms with Crippen LogP contribution in [0.25, 0.3) is 10.7 Å². The third-order valence-corrected chi connectivity index (χ3v) is 5.65. The van der Waals surface area contributed by atoms with Crippen LogP contribution in [-0.2, 0) is 0 Å². The molecule has 0 aromatic carbocycles. The summed E-state index contributed by atoms with van der Waals surface area (Å²) in [6.45, 7) is 1.85. The van der Waals surface area contributed by atoms with Crippen molar-refractivity contribution in [3.8, 4) is 10.7 Å². The molecular formula is C18H19N5OS. The van der Waals surface area contributed by atoms with Gasteiger partial charge in [-0.1, -0.05) is 18.9 Å². The first-order chi connectivity index (χ1) is 12.2. The average Bonchev–Trinajstić information content (AvgIpc) is 3.35. The maximum absolute atomic E-state index is 12.7. The standard InChI is InChI=1S/C18H19N5OS/c1-12-16(25-18(21-12)14-8-4-5-10-19-14)17(24)22-15-9-11-20-23(15)13-6-2-3-7-13/h4-5,8-11,13H,2-3,6-7H2,1H3,(H,22,24). The van der Waals surface area contributed by atoms with Crippen molar-refractivity contribution in [3.63, 3.8) is 0 Å². The monoisotopic (exact) mass is 353 g/mol. The van der Waals surface area contributed by atoms with E-state index in [0.29, 0.717) is 10.9 Å².